The Hall–Kier alpha value is -0.570. The van der Waals surface area contributed by atoms with Gasteiger partial charge in [0, 0.05) is 12.6 Å². The summed E-state index contributed by atoms with van der Waals surface area (Å²) in [6.07, 6.45) is 11.3. The van der Waals surface area contributed by atoms with Crippen molar-refractivity contribution >= 4 is 5.97 Å². The molecule has 1 atom stereocenters. The van der Waals surface area contributed by atoms with Gasteiger partial charge < -0.3 is 5.11 Å². The molecule has 1 N–H and O–H groups in total. The van der Waals surface area contributed by atoms with Crippen molar-refractivity contribution in [1.29, 1.82) is 0 Å². The summed E-state index contributed by atoms with van der Waals surface area (Å²) < 4.78 is 0. The molecule has 0 aromatic carbocycles. The molecule has 2 rings (SSSR count). The highest BCUT2D eigenvalue weighted by Crippen LogP contribution is 2.26. The Labute approximate surface area is 104 Å². The van der Waals surface area contributed by atoms with E-state index in [0.717, 1.165) is 25.9 Å². The summed E-state index contributed by atoms with van der Waals surface area (Å²) in [4.78, 5) is 13.5. The summed E-state index contributed by atoms with van der Waals surface area (Å²) in [5.74, 6) is -0.713. The second kappa shape index (κ2) is 6.39. The summed E-state index contributed by atoms with van der Waals surface area (Å²) >= 11 is 0. The van der Waals surface area contributed by atoms with Crippen molar-refractivity contribution in [3.8, 4) is 0 Å². The number of carbonyl (C=O) groups is 1. The van der Waals surface area contributed by atoms with E-state index < -0.39 is 5.97 Å². The Morgan fingerprint density at radius 2 is 1.59 bits per heavy atom. The van der Waals surface area contributed by atoms with E-state index in [1.165, 1.54) is 44.9 Å². The molecule has 1 saturated heterocycles. The SMILES string of the molecule is O=C(O)C1CCCN(C2CCCCCCC2)C1. The van der Waals surface area contributed by atoms with Gasteiger partial charge in [0.1, 0.15) is 0 Å². The number of hydrogen-bond acceptors (Lipinski definition) is 2. The molecule has 1 heterocycles. The van der Waals surface area contributed by atoms with Crippen LogP contribution in [0.5, 0.6) is 0 Å². The van der Waals surface area contributed by atoms with Gasteiger partial charge in [-0.1, -0.05) is 32.1 Å². The Balaban J connectivity index is 1.88. The highest BCUT2D eigenvalue weighted by atomic mass is 16.4. The second-order valence-electron chi connectivity index (χ2n) is 5.67. The van der Waals surface area contributed by atoms with Gasteiger partial charge in [0.25, 0.3) is 0 Å². The number of hydrogen-bond donors (Lipinski definition) is 1. The lowest BCUT2D eigenvalue weighted by molar-refractivity contribution is -0.144. The van der Waals surface area contributed by atoms with Crippen LogP contribution in [0, 0.1) is 5.92 Å². The summed E-state index contributed by atoms with van der Waals surface area (Å²) in [6.45, 7) is 1.91. The average Bonchev–Trinajstić information content (AvgIpc) is 2.28. The monoisotopic (exact) mass is 239 g/mol. The first-order chi connectivity index (χ1) is 8.27. The van der Waals surface area contributed by atoms with Crippen LogP contribution in [0.3, 0.4) is 0 Å². The molecule has 3 nitrogen and oxygen atoms in total. The zero-order chi connectivity index (χ0) is 12.1. The van der Waals surface area contributed by atoms with E-state index in [1.54, 1.807) is 0 Å². The van der Waals surface area contributed by atoms with E-state index in [9.17, 15) is 4.79 Å². The summed E-state index contributed by atoms with van der Waals surface area (Å²) in [6, 6.07) is 0.664. The highest BCUT2D eigenvalue weighted by molar-refractivity contribution is 5.70. The van der Waals surface area contributed by atoms with Gasteiger partial charge >= 0.3 is 5.97 Å². The first kappa shape index (κ1) is 12.9. The summed E-state index contributed by atoms with van der Waals surface area (Å²) in [7, 11) is 0. The van der Waals surface area contributed by atoms with Crippen molar-refractivity contribution in [3.05, 3.63) is 0 Å². The Morgan fingerprint density at radius 1 is 0.941 bits per heavy atom. The standard InChI is InChI=1S/C14H25NO2/c16-14(17)12-7-6-10-15(11-12)13-8-4-2-1-3-5-9-13/h12-13H,1-11H2,(H,16,17). The van der Waals surface area contributed by atoms with Crippen LogP contribution < -0.4 is 0 Å². The molecular weight excluding hydrogens is 214 g/mol. The number of carboxylic acids is 1. The first-order valence-electron chi connectivity index (χ1n) is 7.24. The third-order valence-electron chi connectivity index (χ3n) is 4.39. The molecule has 0 bridgehead atoms. The van der Waals surface area contributed by atoms with Crippen LogP contribution in [0.25, 0.3) is 0 Å². The van der Waals surface area contributed by atoms with Crippen molar-refractivity contribution in [2.75, 3.05) is 13.1 Å². The maximum absolute atomic E-state index is 11.1. The third kappa shape index (κ3) is 3.70. The van der Waals surface area contributed by atoms with Crippen molar-refractivity contribution in [3.63, 3.8) is 0 Å². The van der Waals surface area contributed by atoms with Gasteiger partial charge in [-0.2, -0.15) is 0 Å². The third-order valence-corrected chi connectivity index (χ3v) is 4.39. The molecular formula is C14H25NO2. The highest BCUT2D eigenvalue weighted by Gasteiger charge is 2.29. The maximum Gasteiger partial charge on any atom is 0.307 e. The van der Waals surface area contributed by atoms with Gasteiger partial charge in [0.15, 0.2) is 0 Å². The summed E-state index contributed by atoms with van der Waals surface area (Å²) in [5.41, 5.74) is 0. The Bertz CT molecular complexity index is 247. The molecule has 1 aliphatic heterocycles. The molecule has 3 heteroatoms. The minimum absolute atomic E-state index is 0.116. The largest absolute Gasteiger partial charge is 0.481 e. The van der Waals surface area contributed by atoms with Gasteiger partial charge in [-0.3, -0.25) is 9.69 Å². The van der Waals surface area contributed by atoms with Crippen molar-refractivity contribution < 1.29 is 9.90 Å². The fraction of sp³-hybridized carbons (Fsp3) is 0.929. The number of carboxylic acid groups (broad SMARTS) is 1. The Morgan fingerprint density at radius 3 is 2.24 bits per heavy atom. The van der Waals surface area contributed by atoms with E-state index in [0.29, 0.717) is 6.04 Å². The van der Waals surface area contributed by atoms with Crippen molar-refractivity contribution in [2.24, 2.45) is 5.92 Å². The molecule has 0 aromatic heterocycles. The molecule has 17 heavy (non-hydrogen) atoms. The molecule has 2 fully saturated rings. The van der Waals surface area contributed by atoms with Crippen LogP contribution >= 0.6 is 0 Å². The fourth-order valence-corrected chi connectivity index (χ4v) is 3.34. The number of nitrogens with zero attached hydrogens (tertiary/aromatic N) is 1. The number of likely N-dealkylation sites (tertiary alicyclic amines) is 1. The van der Waals surface area contributed by atoms with E-state index in [-0.39, 0.29) is 5.92 Å². The lowest BCUT2D eigenvalue weighted by Gasteiger charge is -2.38. The molecule has 1 unspecified atom stereocenters. The molecule has 0 spiro atoms. The zero-order valence-corrected chi connectivity index (χ0v) is 10.7. The predicted molar refractivity (Wildman–Crippen MR) is 68.0 cm³/mol. The van der Waals surface area contributed by atoms with Crippen LogP contribution in [0.1, 0.15) is 57.8 Å². The Kier molecular flexibility index (Phi) is 4.84. The van der Waals surface area contributed by atoms with Crippen LogP contribution in [0.4, 0.5) is 0 Å². The van der Waals surface area contributed by atoms with Gasteiger partial charge in [-0.25, -0.2) is 0 Å². The van der Waals surface area contributed by atoms with Gasteiger partial charge in [0.05, 0.1) is 5.92 Å². The molecule has 0 amide bonds. The number of piperidine rings is 1. The minimum Gasteiger partial charge on any atom is -0.481 e. The van der Waals surface area contributed by atoms with Crippen molar-refractivity contribution in [1.82, 2.24) is 4.90 Å². The van der Waals surface area contributed by atoms with Crippen molar-refractivity contribution in [2.45, 2.75) is 63.8 Å². The zero-order valence-electron chi connectivity index (χ0n) is 10.7. The predicted octanol–water partition coefficient (Wildman–Crippen LogP) is 2.90. The minimum atomic E-state index is -0.597. The second-order valence-corrected chi connectivity index (χ2v) is 5.67. The molecule has 0 radical (unpaired) electrons. The molecule has 0 aromatic rings. The number of rotatable bonds is 2. The topological polar surface area (TPSA) is 40.5 Å². The van der Waals surface area contributed by atoms with Gasteiger partial charge in [-0.05, 0) is 32.2 Å². The first-order valence-corrected chi connectivity index (χ1v) is 7.24. The van der Waals surface area contributed by atoms with E-state index in [2.05, 4.69) is 4.90 Å². The maximum atomic E-state index is 11.1. The summed E-state index contributed by atoms with van der Waals surface area (Å²) in [5, 5.41) is 9.13. The van der Waals surface area contributed by atoms with Crippen LogP contribution in [-0.4, -0.2) is 35.1 Å². The van der Waals surface area contributed by atoms with Gasteiger partial charge in [-0.15, -0.1) is 0 Å². The van der Waals surface area contributed by atoms with E-state index in [4.69, 9.17) is 5.11 Å². The lowest BCUT2D eigenvalue weighted by atomic mass is 9.91. The molecule has 98 valence electrons. The normalized spacial score (nSPS) is 29.5. The quantitative estimate of drug-likeness (QED) is 0.805. The van der Waals surface area contributed by atoms with Gasteiger partial charge in [0.2, 0.25) is 0 Å². The van der Waals surface area contributed by atoms with Crippen LogP contribution in [0.15, 0.2) is 0 Å². The van der Waals surface area contributed by atoms with E-state index in [1.807, 2.05) is 0 Å². The molecule has 2 aliphatic rings. The fourth-order valence-electron chi connectivity index (χ4n) is 3.34. The van der Waals surface area contributed by atoms with Crippen LogP contribution in [0.2, 0.25) is 0 Å². The molecule has 1 aliphatic carbocycles. The average molecular weight is 239 g/mol. The number of aliphatic carboxylic acids is 1. The lowest BCUT2D eigenvalue weighted by Crippen LogP contribution is -2.44. The smallest absolute Gasteiger partial charge is 0.307 e. The van der Waals surface area contributed by atoms with Crippen LogP contribution in [-0.2, 0) is 4.79 Å². The molecule has 1 saturated carbocycles. The van der Waals surface area contributed by atoms with E-state index >= 15 is 0 Å².